The van der Waals surface area contributed by atoms with Gasteiger partial charge in [-0.25, -0.2) is 9.67 Å². The Labute approximate surface area is 193 Å². The Morgan fingerprint density at radius 3 is 2.55 bits per heavy atom. The molecule has 0 atom stereocenters. The number of nitrogens with two attached hydrogens (primary N) is 1. The van der Waals surface area contributed by atoms with E-state index in [1.165, 1.54) is 6.42 Å². The maximum Gasteiger partial charge on any atom is 0.256 e. The minimum absolute atomic E-state index is 0.137. The molecule has 1 aliphatic carbocycles. The van der Waals surface area contributed by atoms with Crippen LogP contribution in [0.3, 0.4) is 0 Å². The highest BCUT2D eigenvalue weighted by Crippen LogP contribution is 2.40. The minimum Gasteiger partial charge on any atom is -0.370 e. The van der Waals surface area contributed by atoms with Gasteiger partial charge in [-0.05, 0) is 70.2 Å². The molecule has 1 aliphatic heterocycles. The number of nitrogens with one attached hydrogen (secondary N) is 1. The first-order chi connectivity index (χ1) is 15.9. The highest BCUT2D eigenvalue weighted by molar-refractivity contribution is 6.13. The predicted octanol–water partition coefficient (Wildman–Crippen LogP) is 4.23. The Bertz CT molecular complexity index is 1220. The molecular formula is C25H30N6O2. The fourth-order valence-electron chi connectivity index (χ4n) is 4.58. The third kappa shape index (κ3) is 4.17. The number of piperidine rings is 1. The van der Waals surface area contributed by atoms with Crippen molar-refractivity contribution >= 4 is 34.2 Å². The van der Waals surface area contributed by atoms with Crippen molar-refractivity contribution < 1.29 is 9.59 Å². The second-order valence-corrected chi connectivity index (χ2v) is 9.39. The normalized spacial score (nSPS) is 16.4. The number of benzene rings is 1. The van der Waals surface area contributed by atoms with Crippen LogP contribution in [0.15, 0.2) is 30.5 Å². The molecule has 2 fully saturated rings. The standard InChI is InChI=1S/C25H30N6O2/c1-15(2)31-24-19(14-27-31)18(13-20(28-24)16-6-7-16)25(33)29-21-12-17(23(26)32)8-9-22(21)30-10-4-3-5-11-30/h8-9,12-16H,3-7,10-11H2,1-2H3,(H2,26,32)(H,29,33). The van der Waals surface area contributed by atoms with E-state index in [1.807, 2.05) is 16.8 Å². The van der Waals surface area contributed by atoms with Gasteiger partial charge in [0, 0.05) is 36.3 Å². The quantitative estimate of drug-likeness (QED) is 0.589. The summed E-state index contributed by atoms with van der Waals surface area (Å²) in [6, 6.07) is 7.33. The van der Waals surface area contributed by atoms with E-state index in [1.54, 1.807) is 18.3 Å². The number of rotatable bonds is 6. The molecule has 3 heterocycles. The molecule has 5 rings (SSSR count). The van der Waals surface area contributed by atoms with E-state index >= 15 is 0 Å². The lowest BCUT2D eigenvalue weighted by atomic mass is 10.1. The fourth-order valence-corrected chi connectivity index (χ4v) is 4.58. The van der Waals surface area contributed by atoms with E-state index in [4.69, 9.17) is 10.7 Å². The van der Waals surface area contributed by atoms with E-state index in [-0.39, 0.29) is 11.9 Å². The maximum atomic E-state index is 13.6. The van der Waals surface area contributed by atoms with Crippen LogP contribution in [0.25, 0.3) is 11.0 Å². The van der Waals surface area contributed by atoms with Crippen molar-refractivity contribution in [2.45, 2.75) is 57.9 Å². The molecule has 8 nitrogen and oxygen atoms in total. The molecule has 0 spiro atoms. The Hall–Kier alpha value is -3.42. The number of nitrogens with zero attached hydrogens (tertiary/aromatic N) is 4. The predicted molar refractivity (Wildman–Crippen MR) is 129 cm³/mol. The van der Waals surface area contributed by atoms with Gasteiger partial charge in [0.25, 0.3) is 5.91 Å². The Balaban J connectivity index is 1.55. The summed E-state index contributed by atoms with van der Waals surface area (Å²) in [6.07, 6.45) is 7.32. The summed E-state index contributed by atoms with van der Waals surface area (Å²) in [5, 5.41) is 8.31. The summed E-state index contributed by atoms with van der Waals surface area (Å²) in [7, 11) is 0. The smallest absolute Gasteiger partial charge is 0.256 e. The van der Waals surface area contributed by atoms with Crippen LogP contribution in [-0.4, -0.2) is 39.7 Å². The number of primary amides is 1. The summed E-state index contributed by atoms with van der Waals surface area (Å²) >= 11 is 0. The van der Waals surface area contributed by atoms with E-state index in [0.717, 1.165) is 61.2 Å². The molecule has 8 heteroatoms. The number of carbonyl (C=O) groups excluding carboxylic acids is 2. The molecule has 0 radical (unpaired) electrons. The molecule has 33 heavy (non-hydrogen) atoms. The first kappa shape index (κ1) is 21.4. The molecule has 1 saturated carbocycles. The van der Waals surface area contributed by atoms with Gasteiger partial charge in [-0.1, -0.05) is 0 Å². The van der Waals surface area contributed by atoms with Crippen LogP contribution >= 0.6 is 0 Å². The Morgan fingerprint density at radius 2 is 1.88 bits per heavy atom. The van der Waals surface area contributed by atoms with Crippen LogP contribution in [0.1, 0.15) is 84.3 Å². The number of aromatic nitrogens is 3. The van der Waals surface area contributed by atoms with Gasteiger partial charge in [0.05, 0.1) is 28.5 Å². The summed E-state index contributed by atoms with van der Waals surface area (Å²) in [5.74, 6) is -0.345. The molecule has 3 N–H and O–H groups in total. The van der Waals surface area contributed by atoms with Gasteiger partial charge in [-0.3, -0.25) is 9.59 Å². The van der Waals surface area contributed by atoms with Crippen LogP contribution in [-0.2, 0) is 0 Å². The molecular weight excluding hydrogens is 416 g/mol. The van der Waals surface area contributed by atoms with Crippen LogP contribution in [0, 0.1) is 0 Å². The van der Waals surface area contributed by atoms with Crippen molar-refractivity contribution in [3.8, 4) is 0 Å². The van der Waals surface area contributed by atoms with Crippen molar-refractivity contribution in [3.63, 3.8) is 0 Å². The topological polar surface area (TPSA) is 106 Å². The van der Waals surface area contributed by atoms with Crippen molar-refractivity contribution in [1.29, 1.82) is 0 Å². The number of hydrogen-bond donors (Lipinski definition) is 2. The lowest BCUT2D eigenvalue weighted by Crippen LogP contribution is -2.30. The molecule has 1 saturated heterocycles. The zero-order valence-corrected chi connectivity index (χ0v) is 19.2. The average Bonchev–Trinajstić information content (AvgIpc) is 3.57. The lowest BCUT2D eigenvalue weighted by molar-refractivity contribution is 0.0996. The summed E-state index contributed by atoms with van der Waals surface area (Å²) < 4.78 is 1.87. The zero-order chi connectivity index (χ0) is 23.1. The van der Waals surface area contributed by atoms with Gasteiger partial charge in [0.15, 0.2) is 5.65 Å². The first-order valence-corrected chi connectivity index (χ1v) is 11.8. The van der Waals surface area contributed by atoms with Crippen LogP contribution in [0.4, 0.5) is 11.4 Å². The Morgan fingerprint density at radius 1 is 1.12 bits per heavy atom. The van der Waals surface area contributed by atoms with Gasteiger partial charge in [0.2, 0.25) is 5.91 Å². The van der Waals surface area contributed by atoms with Crippen LogP contribution in [0.2, 0.25) is 0 Å². The minimum atomic E-state index is -0.517. The van der Waals surface area contributed by atoms with Crippen LogP contribution < -0.4 is 16.0 Å². The van der Waals surface area contributed by atoms with E-state index < -0.39 is 5.91 Å². The van der Waals surface area contributed by atoms with Crippen molar-refractivity contribution in [3.05, 3.63) is 47.3 Å². The summed E-state index contributed by atoms with van der Waals surface area (Å²) in [4.78, 5) is 32.6. The van der Waals surface area contributed by atoms with Crippen molar-refractivity contribution in [2.75, 3.05) is 23.3 Å². The second kappa shape index (κ2) is 8.50. The molecule has 2 amide bonds. The second-order valence-electron chi connectivity index (χ2n) is 9.39. The van der Waals surface area contributed by atoms with Crippen molar-refractivity contribution in [2.24, 2.45) is 5.73 Å². The lowest BCUT2D eigenvalue weighted by Gasteiger charge is -2.30. The molecule has 2 aromatic heterocycles. The van der Waals surface area contributed by atoms with Gasteiger partial charge in [0.1, 0.15) is 0 Å². The van der Waals surface area contributed by atoms with E-state index in [2.05, 4.69) is 29.2 Å². The van der Waals surface area contributed by atoms with Gasteiger partial charge < -0.3 is 16.0 Å². The highest BCUT2D eigenvalue weighted by atomic mass is 16.2. The highest BCUT2D eigenvalue weighted by Gasteiger charge is 2.28. The number of amides is 2. The van der Waals surface area contributed by atoms with Crippen molar-refractivity contribution in [1.82, 2.24) is 14.8 Å². The number of anilines is 2. The first-order valence-electron chi connectivity index (χ1n) is 11.8. The third-order valence-corrected chi connectivity index (χ3v) is 6.54. The third-order valence-electron chi connectivity index (χ3n) is 6.54. The number of fused-ring (bicyclic) bond motifs is 1. The molecule has 1 aromatic carbocycles. The molecule has 3 aromatic rings. The zero-order valence-electron chi connectivity index (χ0n) is 19.2. The fraction of sp³-hybridized carbons (Fsp3) is 0.440. The van der Waals surface area contributed by atoms with Gasteiger partial charge >= 0.3 is 0 Å². The monoisotopic (exact) mass is 446 g/mol. The average molecular weight is 447 g/mol. The SMILES string of the molecule is CC(C)n1ncc2c(C(=O)Nc3cc(C(N)=O)ccc3N3CCCCC3)cc(C3CC3)nc21. The summed E-state index contributed by atoms with van der Waals surface area (Å²) in [5.41, 5.74) is 9.66. The van der Waals surface area contributed by atoms with E-state index in [0.29, 0.717) is 22.7 Å². The molecule has 172 valence electrons. The van der Waals surface area contributed by atoms with Gasteiger partial charge in [-0.15, -0.1) is 0 Å². The summed E-state index contributed by atoms with van der Waals surface area (Å²) in [6.45, 7) is 5.95. The number of hydrogen-bond acceptors (Lipinski definition) is 5. The van der Waals surface area contributed by atoms with E-state index in [9.17, 15) is 9.59 Å². The number of carbonyl (C=O) groups is 2. The molecule has 2 aliphatic rings. The maximum absolute atomic E-state index is 13.6. The van der Waals surface area contributed by atoms with Crippen LogP contribution in [0.5, 0.6) is 0 Å². The Kier molecular flexibility index (Phi) is 5.52. The number of pyridine rings is 1. The molecule has 0 unspecified atom stereocenters. The van der Waals surface area contributed by atoms with Gasteiger partial charge in [-0.2, -0.15) is 5.10 Å². The molecule has 0 bridgehead atoms. The largest absolute Gasteiger partial charge is 0.370 e.